The molecule has 0 radical (unpaired) electrons. The van der Waals surface area contributed by atoms with Gasteiger partial charge >= 0.3 is 5.97 Å². The van der Waals surface area contributed by atoms with Gasteiger partial charge in [0.1, 0.15) is 5.75 Å². The van der Waals surface area contributed by atoms with Crippen molar-refractivity contribution in [2.24, 2.45) is 11.3 Å². The van der Waals surface area contributed by atoms with E-state index >= 15 is 0 Å². The molecule has 2 aliphatic heterocycles. The van der Waals surface area contributed by atoms with Crippen LogP contribution in [-0.2, 0) is 14.3 Å². The van der Waals surface area contributed by atoms with Crippen molar-refractivity contribution in [1.29, 1.82) is 0 Å². The minimum Gasteiger partial charge on any atom is -0.484 e. The standard InChI is InChI=1S/C16H18ClNO5/c17-12-2-1-3-13(6-12)23-9-14(19)18-7-11-8-22-5-4-16(11,10-18)15(20)21/h1-3,6,11H,4-5,7-10H2,(H,20,21)/t11-,16+/m0/s1. The number of ether oxygens (including phenoxy) is 2. The van der Waals surface area contributed by atoms with Gasteiger partial charge < -0.3 is 19.5 Å². The van der Waals surface area contributed by atoms with Crippen molar-refractivity contribution in [3.05, 3.63) is 29.3 Å². The number of fused-ring (bicyclic) bond motifs is 1. The summed E-state index contributed by atoms with van der Waals surface area (Å²) in [4.78, 5) is 25.6. The summed E-state index contributed by atoms with van der Waals surface area (Å²) in [6, 6.07) is 6.81. The van der Waals surface area contributed by atoms with Crippen LogP contribution in [0.25, 0.3) is 0 Å². The molecule has 1 aromatic carbocycles. The fourth-order valence-electron chi connectivity index (χ4n) is 3.28. The van der Waals surface area contributed by atoms with E-state index < -0.39 is 11.4 Å². The normalized spacial score (nSPS) is 26.7. The molecule has 2 heterocycles. The van der Waals surface area contributed by atoms with Crippen LogP contribution in [0.3, 0.4) is 0 Å². The highest BCUT2D eigenvalue weighted by Gasteiger charge is 2.54. The number of benzene rings is 1. The first kappa shape index (κ1) is 16.1. The molecule has 6 nitrogen and oxygen atoms in total. The van der Waals surface area contributed by atoms with Crippen molar-refractivity contribution in [2.75, 3.05) is 32.9 Å². The number of rotatable bonds is 4. The van der Waals surface area contributed by atoms with Crippen LogP contribution in [0.2, 0.25) is 5.02 Å². The van der Waals surface area contributed by atoms with Crippen molar-refractivity contribution in [3.63, 3.8) is 0 Å². The summed E-state index contributed by atoms with van der Waals surface area (Å²) in [7, 11) is 0. The Morgan fingerprint density at radius 1 is 1.48 bits per heavy atom. The maximum Gasteiger partial charge on any atom is 0.311 e. The van der Waals surface area contributed by atoms with Gasteiger partial charge in [0.15, 0.2) is 6.61 Å². The molecular weight excluding hydrogens is 322 g/mol. The lowest BCUT2D eigenvalue weighted by Crippen LogP contribution is -2.45. The Bertz CT molecular complexity index is 622. The molecule has 0 saturated carbocycles. The van der Waals surface area contributed by atoms with E-state index in [1.807, 2.05) is 0 Å². The van der Waals surface area contributed by atoms with Gasteiger partial charge in [-0.3, -0.25) is 9.59 Å². The van der Waals surface area contributed by atoms with Gasteiger partial charge in [-0.1, -0.05) is 17.7 Å². The number of nitrogens with zero attached hydrogens (tertiary/aromatic N) is 1. The Morgan fingerprint density at radius 3 is 3.00 bits per heavy atom. The largest absolute Gasteiger partial charge is 0.484 e. The summed E-state index contributed by atoms with van der Waals surface area (Å²) in [5.74, 6) is -0.723. The summed E-state index contributed by atoms with van der Waals surface area (Å²) in [5.41, 5.74) is -0.885. The summed E-state index contributed by atoms with van der Waals surface area (Å²) >= 11 is 5.87. The van der Waals surface area contributed by atoms with Crippen LogP contribution < -0.4 is 4.74 Å². The number of amides is 1. The van der Waals surface area contributed by atoms with Gasteiger partial charge in [0, 0.05) is 30.6 Å². The van der Waals surface area contributed by atoms with E-state index in [4.69, 9.17) is 21.1 Å². The van der Waals surface area contributed by atoms with E-state index in [9.17, 15) is 14.7 Å². The third-order valence-electron chi connectivity index (χ3n) is 4.64. The third kappa shape index (κ3) is 3.14. The van der Waals surface area contributed by atoms with Crippen LogP contribution in [-0.4, -0.2) is 54.8 Å². The van der Waals surface area contributed by atoms with Gasteiger partial charge in [0.25, 0.3) is 5.91 Å². The van der Waals surface area contributed by atoms with E-state index in [0.717, 1.165) is 0 Å². The zero-order valence-electron chi connectivity index (χ0n) is 12.5. The molecule has 7 heteroatoms. The summed E-state index contributed by atoms with van der Waals surface area (Å²) in [6.07, 6.45) is 0.436. The number of carbonyl (C=O) groups excluding carboxylic acids is 1. The lowest BCUT2D eigenvalue weighted by Gasteiger charge is -2.33. The fraction of sp³-hybridized carbons (Fsp3) is 0.500. The van der Waals surface area contributed by atoms with Crippen LogP contribution in [0, 0.1) is 11.3 Å². The zero-order valence-corrected chi connectivity index (χ0v) is 13.3. The molecule has 1 aromatic rings. The fourth-order valence-corrected chi connectivity index (χ4v) is 3.46. The highest BCUT2D eigenvalue weighted by atomic mass is 35.5. The first-order valence-electron chi connectivity index (χ1n) is 7.48. The third-order valence-corrected chi connectivity index (χ3v) is 4.88. The molecule has 23 heavy (non-hydrogen) atoms. The molecule has 0 aromatic heterocycles. The highest BCUT2D eigenvalue weighted by Crippen LogP contribution is 2.42. The zero-order chi connectivity index (χ0) is 16.4. The van der Waals surface area contributed by atoms with Gasteiger partial charge in [0.2, 0.25) is 0 Å². The average Bonchev–Trinajstić information content (AvgIpc) is 2.94. The van der Waals surface area contributed by atoms with Crippen molar-refractivity contribution < 1.29 is 24.2 Å². The van der Waals surface area contributed by atoms with E-state index in [1.54, 1.807) is 29.2 Å². The molecule has 0 spiro atoms. The monoisotopic (exact) mass is 339 g/mol. The molecule has 2 aliphatic rings. The first-order chi connectivity index (χ1) is 11.0. The molecule has 2 saturated heterocycles. The second-order valence-corrected chi connectivity index (χ2v) is 6.44. The second kappa shape index (κ2) is 6.37. The molecule has 124 valence electrons. The van der Waals surface area contributed by atoms with Crippen molar-refractivity contribution >= 4 is 23.5 Å². The van der Waals surface area contributed by atoms with E-state index in [2.05, 4.69) is 0 Å². The van der Waals surface area contributed by atoms with E-state index in [0.29, 0.717) is 37.0 Å². The minimum absolute atomic E-state index is 0.135. The first-order valence-corrected chi connectivity index (χ1v) is 7.86. The van der Waals surface area contributed by atoms with Gasteiger partial charge in [-0.15, -0.1) is 0 Å². The average molecular weight is 340 g/mol. The summed E-state index contributed by atoms with van der Waals surface area (Å²) in [5, 5.41) is 10.1. The van der Waals surface area contributed by atoms with E-state index in [1.165, 1.54) is 0 Å². The Balaban J connectivity index is 1.63. The van der Waals surface area contributed by atoms with Gasteiger partial charge in [-0.05, 0) is 24.6 Å². The number of carboxylic acids is 1. The number of carbonyl (C=O) groups is 2. The molecule has 2 fully saturated rings. The lowest BCUT2D eigenvalue weighted by atomic mass is 9.74. The Kier molecular flexibility index (Phi) is 4.46. The lowest BCUT2D eigenvalue weighted by molar-refractivity contribution is -0.157. The van der Waals surface area contributed by atoms with Gasteiger partial charge in [-0.25, -0.2) is 0 Å². The Labute approximate surface area is 138 Å². The molecular formula is C16H18ClNO5. The smallest absolute Gasteiger partial charge is 0.311 e. The quantitative estimate of drug-likeness (QED) is 0.903. The maximum atomic E-state index is 12.3. The molecule has 0 aliphatic carbocycles. The van der Waals surface area contributed by atoms with Gasteiger partial charge in [0.05, 0.1) is 12.0 Å². The molecule has 1 N–H and O–H groups in total. The minimum atomic E-state index is -0.885. The van der Waals surface area contributed by atoms with Crippen LogP contribution in [0.4, 0.5) is 0 Å². The molecule has 2 atom stereocenters. The van der Waals surface area contributed by atoms with E-state index in [-0.39, 0.29) is 25.0 Å². The predicted octanol–water partition coefficient (Wildman–Crippen LogP) is 1.67. The Morgan fingerprint density at radius 2 is 2.30 bits per heavy atom. The predicted molar refractivity (Wildman–Crippen MR) is 82.5 cm³/mol. The number of hydrogen-bond acceptors (Lipinski definition) is 4. The maximum absolute atomic E-state index is 12.3. The molecule has 1 amide bonds. The topological polar surface area (TPSA) is 76.1 Å². The van der Waals surface area contributed by atoms with Crippen molar-refractivity contribution in [1.82, 2.24) is 4.90 Å². The molecule has 0 bridgehead atoms. The van der Waals surface area contributed by atoms with Crippen molar-refractivity contribution in [2.45, 2.75) is 6.42 Å². The number of carboxylic acid groups (broad SMARTS) is 1. The van der Waals surface area contributed by atoms with Crippen molar-refractivity contribution in [3.8, 4) is 5.75 Å². The number of aliphatic carboxylic acids is 1. The number of hydrogen-bond donors (Lipinski definition) is 1. The Hall–Kier alpha value is -1.79. The second-order valence-electron chi connectivity index (χ2n) is 6.00. The van der Waals surface area contributed by atoms with Crippen LogP contribution in [0.5, 0.6) is 5.75 Å². The molecule has 0 unspecified atom stereocenters. The van der Waals surface area contributed by atoms with Gasteiger partial charge in [-0.2, -0.15) is 0 Å². The summed E-state index contributed by atoms with van der Waals surface area (Å²) < 4.78 is 10.8. The number of likely N-dealkylation sites (tertiary alicyclic amines) is 1. The van der Waals surface area contributed by atoms with Crippen LogP contribution >= 0.6 is 11.6 Å². The SMILES string of the molecule is O=C(COc1cccc(Cl)c1)N1C[C@H]2COCC[C@@]2(C(=O)O)C1. The summed E-state index contributed by atoms with van der Waals surface area (Å²) in [6.45, 7) is 1.27. The molecule has 3 rings (SSSR count). The highest BCUT2D eigenvalue weighted by molar-refractivity contribution is 6.30. The number of halogens is 1. The van der Waals surface area contributed by atoms with Crippen LogP contribution in [0.1, 0.15) is 6.42 Å². The van der Waals surface area contributed by atoms with Crippen LogP contribution in [0.15, 0.2) is 24.3 Å².